The van der Waals surface area contributed by atoms with Gasteiger partial charge in [0, 0.05) is 24.7 Å². The minimum atomic E-state index is -0.249. The smallest absolute Gasteiger partial charge is 0.287 e. The van der Waals surface area contributed by atoms with Crippen molar-refractivity contribution in [1.82, 2.24) is 15.3 Å². The van der Waals surface area contributed by atoms with Gasteiger partial charge in [-0.05, 0) is 56.0 Å². The van der Waals surface area contributed by atoms with Crippen molar-refractivity contribution in [2.45, 2.75) is 39.2 Å². The summed E-state index contributed by atoms with van der Waals surface area (Å²) in [6, 6.07) is 14.1. The number of hydrogen-bond acceptors (Lipinski definition) is 3. The van der Waals surface area contributed by atoms with Crippen LogP contribution in [0.15, 0.2) is 42.5 Å². The van der Waals surface area contributed by atoms with Crippen molar-refractivity contribution in [3.8, 4) is 0 Å². The van der Waals surface area contributed by atoms with Gasteiger partial charge in [0.2, 0.25) is 5.91 Å². The molecule has 144 valence electrons. The molecular formula is C22H24N4O2. The maximum atomic E-state index is 12.7. The van der Waals surface area contributed by atoms with Crippen LogP contribution in [0.2, 0.25) is 0 Å². The van der Waals surface area contributed by atoms with Crippen molar-refractivity contribution in [2.24, 2.45) is 0 Å². The molecule has 1 unspecified atom stereocenters. The predicted molar refractivity (Wildman–Crippen MR) is 109 cm³/mol. The number of H-pyrrole nitrogens is 1. The fourth-order valence-corrected chi connectivity index (χ4v) is 3.82. The Hall–Kier alpha value is -3.15. The SMILES string of the molecule is Cc1ccc2nc(C(=O)NCCCC(=O)N3c4ccccc4CC3C)[nH]c2c1. The lowest BCUT2D eigenvalue weighted by molar-refractivity contribution is -0.119. The van der Waals surface area contributed by atoms with E-state index < -0.39 is 0 Å². The zero-order chi connectivity index (χ0) is 19.7. The van der Waals surface area contributed by atoms with Gasteiger partial charge < -0.3 is 15.2 Å². The number of carbonyl (C=O) groups excluding carboxylic acids is 2. The average Bonchev–Trinajstić information content (AvgIpc) is 3.24. The number of aryl methyl sites for hydroxylation is 1. The van der Waals surface area contributed by atoms with E-state index >= 15 is 0 Å². The molecule has 4 rings (SSSR count). The molecule has 2 aromatic carbocycles. The van der Waals surface area contributed by atoms with Crippen molar-refractivity contribution in [3.05, 3.63) is 59.4 Å². The molecule has 3 aromatic rings. The number of carbonyl (C=O) groups is 2. The van der Waals surface area contributed by atoms with Crippen LogP contribution >= 0.6 is 0 Å². The number of benzene rings is 2. The zero-order valence-corrected chi connectivity index (χ0v) is 16.2. The summed E-state index contributed by atoms with van der Waals surface area (Å²) in [6.07, 6.45) is 1.89. The van der Waals surface area contributed by atoms with E-state index in [4.69, 9.17) is 0 Å². The van der Waals surface area contributed by atoms with Crippen LogP contribution in [0.4, 0.5) is 5.69 Å². The Morgan fingerprint density at radius 1 is 1.25 bits per heavy atom. The first-order valence-corrected chi connectivity index (χ1v) is 9.67. The summed E-state index contributed by atoms with van der Waals surface area (Å²) in [5, 5.41) is 2.85. The molecule has 2 heterocycles. The summed E-state index contributed by atoms with van der Waals surface area (Å²) in [6.45, 7) is 4.50. The van der Waals surface area contributed by atoms with E-state index in [1.165, 1.54) is 5.56 Å². The lowest BCUT2D eigenvalue weighted by atomic mass is 10.1. The molecule has 0 saturated carbocycles. The van der Waals surface area contributed by atoms with Gasteiger partial charge in [0.25, 0.3) is 5.91 Å². The molecule has 1 aliphatic heterocycles. The van der Waals surface area contributed by atoms with E-state index in [2.05, 4.69) is 28.3 Å². The fourth-order valence-electron chi connectivity index (χ4n) is 3.82. The molecule has 0 saturated heterocycles. The van der Waals surface area contributed by atoms with Gasteiger partial charge in [-0.3, -0.25) is 9.59 Å². The van der Waals surface area contributed by atoms with Crippen LogP contribution in [0.3, 0.4) is 0 Å². The van der Waals surface area contributed by atoms with Gasteiger partial charge in [0.15, 0.2) is 5.82 Å². The minimum absolute atomic E-state index is 0.103. The Morgan fingerprint density at radius 3 is 2.93 bits per heavy atom. The van der Waals surface area contributed by atoms with E-state index in [1.807, 2.05) is 48.2 Å². The van der Waals surface area contributed by atoms with E-state index in [1.54, 1.807) is 0 Å². The number of nitrogens with one attached hydrogen (secondary N) is 2. The number of imidazole rings is 1. The molecular weight excluding hydrogens is 352 g/mol. The second kappa shape index (κ2) is 7.46. The van der Waals surface area contributed by atoms with Gasteiger partial charge in [-0.25, -0.2) is 4.98 Å². The van der Waals surface area contributed by atoms with Crippen molar-refractivity contribution < 1.29 is 9.59 Å². The van der Waals surface area contributed by atoms with Crippen LogP contribution in [-0.4, -0.2) is 34.4 Å². The quantitative estimate of drug-likeness (QED) is 0.670. The molecule has 1 aliphatic rings. The predicted octanol–water partition coefficient (Wildman–Crippen LogP) is 3.36. The Kier molecular flexibility index (Phi) is 4.86. The number of nitrogens with zero attached hydrogens (tertiary/aromatic N) is 2. The molecule has 1 atom stereocenters. The summed E-state index contributed by atoms with van der Waals surface area (Å²) in [4.78, 5) is 34.3. The molecule has 6 nitrogen and oxygen atoms in total. The van der Waals surface area contributed by atoms with E-state index in [-0.39, 0.29) is 17.9 Å². The Bertz CT molecular complexity index is 1040. The largest absolute Gasteiger partial charge is 0.349 e. The highest BCUT2D eigenvalue weighted by Gasteiger charge is 2.29. The number of amides is 2. The number of rotatable bonds is 5. The molecule has 0 aliphatic carbocycles. The first-order chi connectivity index (χ1) is 13.5. The van der Waals surface area contributed by atoms with Gasteiger partial charge in [-0.1, -0.05) is 24.3 Å². The number of aromatic amines is 1. The summed E-state index contributed by atoms with van der Waals surface area (Å²) >= 11 is 0. The summed E-state index contributed by atoms with van der Waals surface area (Å²) in [5.74, 6) is 0.154. The Balaban J connectivity index is 1.30. The molecule has 1 aromatic heterocycles. The molecule has 0 radical (unpaired) electrons. The van der Waals surface area contributed by atoms with Crippen molar-refractivity contribution >= 4 is 28.5 Å². The maximum Gasteiger partial charge on any atom is 0.287 e. The molecule has 0 fully saturated rings. The lowest BCUT2D eigenvalue weighted by Crippen LogP contribution is -2.36. The molecule has 0 spiro atoms. The maximum absolute atomic E-state index is 12.7. The first-order valence-electron chi connectivity index (χ1n) is 9.67. The second-order valence-electron chi connectivity index (χ2n) is 7.41. The third-order valence-electron chi connectivity index (χ3n) is 5.18. The van der Waals surface area contributed by atoms with Gasteiger partial charge in [0.05, 0.1) is 11.0 Å². The molecule has 28 heavy (non-hydrogen) atoms. The number of aromatic nitrogens is 2. The number of anilines is 1. The summed E-state index contributed by atoms with van der Waals surface area (Å²) in [5.41, 5.74) is 4.97. The average molecular weight is 376 g/mol. The molecule has 0 bridgehead atoms. The molecule has 2 amide bonds. The topological polar surface area (TPSA) is 78.1 Å². The van der Waals surface area contributed by atoms with Crippen LogP contribution < -0.4 is 10.2 Å². The summed E-state index contributed by atoms with van der Waals surface area (Å²) < 4.78 is 0. The van der Waals surface area contributed by atoms with Gasteiger partial charge in [0.1, 0.15) is 0 Å². The molecule has 6 heteroatoms. The van der Waals surface area contributed by atoms with Crippen LogP contribution in [-0.2, 0) is 11.2 Å². The highest BCUT2D eigenvalue weighted by molar-refractivity contribution is 5.96. The minimum Gasteiger partial charge on any atom is -0.349 e. The molecule has 2 N–H and O–H groups in total. The van der Waals surface area contributed by atoms with Crippen LogP contribution in [0.1, 0.15) is 41.5 Å². The van der Waals surface area contributed by atoms with Gasteiger partial charge in [-0.15, -0.1) is 0 Å². The van der Waals surface area contributed by atoms with Crippen LogP contribution in [0.5, 0.6) is 0 Å². The van der Waals surface area contributed by atoms with Crippen LogP contribution in [0, 0.1) is 6.92 Å². The Labute approximate surface area is 164 Å². The van der Waals surface area contributed by atoms with Crippen molar-refractivity contribution in [2.75, 3.05) is 11.4 Å². The number of para-hydroxylation sites is 1. The van der Waals surface area contributed by atoms with Gasteiger partial charge in [-0.2, -0.15) is 0 Å². The summed E-state index contributed by atoms with van der Waals surface area (Å²) in [7, 11) is 0. The number of fused-ring (bicyclic) bond motifs is 2. The highest BCUT2D eigenvalue weighted by Crippen LogP contribution is 2.32. The standard InChI is InChI=1S/C22H24N4O2/c1-14-9-10-17-18(12-14)25-21(24-17)22(28)23-11-5-8-20(27)26-15(2)13-16-6-3-4-7-19(16)26/h3-4,6-7,9-10,12,15H,5,8,11,13H2,1-2H3,(H,23,28)(H,24,25). The van der Waals surface area contributed by atoms with Crippen LogP contribution in [0.25, 0.3) is 11.0 Å². The van der Waals surface area contributed by atoms with E-state index in [0.717, 1.165) is 28.7 Å². The van der Waals surface area contributed by atoms with Crippen molar-refractivity contribution in [1.29, 1.82) is 0 Å². The second-order valence-corrected chi connectivity index (χ2v) is 7.41. The van der Waals surface area contributed by atoms with Crippen molar-refractivity contribution in [3.63, 3.8) is 0 Å². The fraction of sp³-hybridized carbons (Fsp3) is 0.318. The zero-order valence-electron chi connectivity index (χ0n) is 16.2. The monoisotopic (exact) mass is 376 g/mol. The first kappa shape index (κ1) is 18.2. The van der Waals surface area contributed by atoms with E-state index in [9.17, 15) is 9.59 Å². The lowest BCUT2D eigenvalue weighted by Gasteiger charge is -2.22. The van der Waals surface area contributed by atoms with E-state index in [0.29, 0.717) is 25.2 Å². The highest BCUT2D eigenvalue weighted by atomic mass is 16.2. The third-order valence-corrected chi connectivity index (χ3v) is 5.18. The Morgan fingerprint density at radius 2 is 2.07 bits per heavy atom. The number of hydrogen-bond donors (Lipinski definition) is 2. The normalized spacial score (nSPS) is 15.6. The third kappa shape index (κ3) is 3.50. The van der Waals surface area contributed by atoms with Gasteiger partial charge >= 0.3 is 0 Å².